The van der Waals surface area contributed by atoms with E-state index in [0.29, 0.717) is 6.61 Å². The Bertz CT molecular complexity index is 642. The molecule has 0 aromatic heterocycles. The van der Waals surface area contributed by atoms with Crippen molar-refractivity contribution in [3.05, 3.63) is 33.9 Å². The molecule has 1 rings (SSSR count). The van der Waals surface area contributed by atoms with Crippen LogP contribution in [0.4, 0.5) is 11.4 Å². The molecule has 0 aliphatic rings. The van der Waals surface area contributed by atoms with Crippen LogP contribution in [0, 0.1) is 10.1 Å². The van der Waals surface area contributed by atoms with Gasteiger partial charge in [-0.2, -0.15) is 0 Å². The molecule has 2 N–H and O–H groups in total. The number of non-ortho nitro benzene ring substituents is 1. The van der Waals surface area contributed by atoms with Gasteiger partial charge in [-0.1, -0.05) is 0 Å². The van der Waals surface area contributed by atoms with Crippen LogP contribution in [-0.2, 0) is 14.8 Å². The molecule has 0 atom stereocenters. The molecule has 0 bridgehead atoms. The van der Waals surface area contributed by atoms with E-state index >= 15 is 0 Å². The van der Waals surface area contributed by atoms with Crippen molar-refractivity contribution in [1.82, 2.24) is 0 Å². The largest absolute Gasteiger partial charge is 0.478 e. The molecule has 0 heterocycles. The van der Waals surface area contributed by atoms with Crippen molar-refractivity contribution in [1.29, 1.82) is 0 Å². The van der Waals surface area contributed by atoms with Gasteiger partial charge in [0.25, 0.3) is 5.69 Å². The average Bonchev–Trinajstić information content (AvgIpc) is 2.38. The average molecular weight is 318 g/mol. The standard InChI is InChI=1S/C11H14N2O7S/c1-2-20-5-6-21(18,19)12-10-4-3-8(13(16)17)7-9(10)11(14)15/h3-4,7,12H,2,5-6H2,1H3,(H,14,15). The Balaban J connectivity index is 3.02. The number of aromatic carboxylic acids is 1. The summed E-state index contributed by atoms with van der Waals surface area (Å²) in [6.07, 6.45) is 0. The van der Waals surface area contributed by atoms with Crippen LogP contribution in [-0.4, -0.2) is 43.4 Å². The SMILES string of the molecule is CCOCCS(=O)(=O)Nc1ccc([N+](=O)[O-])cc1C(=O)O. The highest BCUT2D eigenvalue weighted by atomic mass is 32.2. The lowest BCUT2D eigenvalue weighted by atomic mass is 10.1. The highest BCUT2D eigenvalue weighted by Crippen LogP contribution is 2.23. The number of sulfonamides is 1. The third kappa shape index (κ3) is 5.00. The summed E-state index contributed by atoms with van der Waals surface area (Å²) in [6.45, 7) is 2.02. The first-order valence-corrected chi connectivity index (χ1v) is 7.52. The van der Waals surface area contributed by atoms with E-state index in [1.54, 1.807) is 6.92 Å². The van der Waals surface area contributed by atoms with E-state index in [4.69, 9.17) is 9.84 Å². The van der Waals surface area contributed by atoms with E-state index in [0.717, 1.165) is 18.2 Å². The predicted octanol–water partition coefficient (Wildman–Crippen LogP) is 1.07. The van der Waals surface area contributed by atoms with Crippen molar-refractivity contribution >= 4 is 27.4 Å². The number of nitrogens with zero attached hydrogens (tertiary/aromatic N) is 1. The summed E-state index contributed by atoms with van der Waals surface area (Å²) < 4.78 is 30.5. The van der Waals surface area contributed by atoms with Crippen LogP contribution in [0.15, 0.2) is 18.2 Å². The molecule has 0 spiro atoms. The molecule has 0 amide bonds. The fourth-order valence-electron chi connectivity index (χ4n) is 1.44. The van der Waals surface area contributed by atoms with Crippen LogP contribution in [0.3, 0.4) is 0 Å². The zero-order valence-electron chi connectivity index (χ0n) is 11.1. The van der Waals surface area contributed by atoms with Crippen molar-refractivity contribution < 1.29 is 28.0 Å². The molecule has 10 heteroatoms. The van der Waals surface area contributed by atoms with E-state index in [1.807, 2.05) is 0 Å². The van der Waals surface area contributed by atoms with E-state index < -0.39 is 32.2 Å². The van der Waals surface area contributed by atoms with Gasteiger partial charge in [0, 0.05) is 18.7 Å². The second-order valence-corrected chi connectivity index (χ2v) is 5.75. The number of carbonyl (C=O) groups is 1. The number of nitro benzene ring substituents is 1. The lowest BCUT2D eigenvalue weighted by Crippen LogP contribution is -2.21. The van der Waals surface area contributed by atoms with E-state index in [2.05, 4.69) is 4.72 Å². The van der Waals surface area contributed by atoms with E-state index in [-0.39, 0.29) is 18.0 Å². The molecule has 21 heavy (non-hydrogen) atoms. The minimum atomic E-state index is -3.80. The lowest BCUT2D eigenvalue weighted by molar-refractivity contribution is -0.384. The van der Waals surface area contributed by atoms with Crippen LogP contribution in [0.25, 0.3) is 0 Å². The van der Waals surface area contributed by atoms with Crippen molar-refractivity contribution in [3.8, 4) is 0 Å². The molecule has 1 aromatic carbocycles. The molecule has 0 fully saturated rings. The first-order valence-electron chi connectivity index (χ1n) is 5.87. The second-order valence-electron chi connectivity index (χ2n) is 3.91. The number of benzene rings is 1. The van der Waals surface area contributed by atoms with Gasteiger partial charge < -0.3 is 9.84 Å². The Morgan fingerprint density at radius 2 is 2.14 bits per heavy atom. The normalized spacial score (nSPS) is 11.1. The minimum Gasteiger partial charge on any atom is -0.478 e. The maximum atomic E-state index is 11.8. The van der Waals surface area contributed by atoms with Gasteiger partial charge in [-0.15, -0.1) is 0 Å². The molecular weight excluding hydrogens is 304 g/mol. The van der Waals surface area contributed by atoms with Crippen LogP contribution in [0.2, 0.25) is 0 Å². The van der Waals surface area contributed by atoms with Gasteiger partial charge in [0.1, 0.15) is 0 Å². The molecule has 1 aromatic rings. The summed E-state index contributed by atoms with van der Waals surface area (Å²) in [5.74, 6) is -1.82. The minimum absolute atomic E-state index is 0.0405. The molecule has 0 radical (unpaired) electrons. The fourth-order valence-corrected chi connectivity index (χ4v) is 2.40. The first-order chi connectivity index (χ1) is 9.76. The summed E-state index contributed by atoms with van der Waals surface area (Å²) in [7, 11) is -3.80. The van der Waals surface area contributed by atoms with Crippen molar-refractivity contribution in [2.45, 2.75) is 6.92 Å². The van der Waals surface area contributed by atoms with E-state index in [9.17, 15) is 23.3 Å². The van der Waals surface area contributed by atoms with Crippen LogP contribution in [0.5, 0.6) is 0 Å². The molecular formula is C11H14N2O7S. The molecule has 9 nitrogen and oxygen atoms in total. The number of carboxylic acid groups (broad SMARTS) is 1. The van der Waals surface area contributed by atoms with E-state index in [1.165, 1.54) is 0 Å². The highest BCUT2D eigenvalue weighted by molar-refractivity contribution is 7.92. The third-order valence-corrected chi connectivity index (χ3v) is 3.65. The summed E-state index contributed by atoms with van der Waals surface area (Å²) in [5, 5.41) is 19.6. The smallest absolute Gasteiger partial charge is 0.338 e. The number of hydrogen-bond acceptors (Lipinski definition) is 6. The van der Waals surface area contributed by atoms with Crippen LogP contribution >= 0.6 is 0 Å². The molecule has 0 aliphatic carbocycles. The van der Waals surface area contributed by atoms with Crippen molar-refractivity contribution in [2.24, 2.45) is 0 Å². The van der Waals surface area contributed by atoms with Gasteiger partial charge in [-0.25, -0.2) is 13.2 Å². The molecule has 0 unspecified atom stereocenters. The molecule has 0 saturated carbocycles. The maximum Gasteiger partial charge on any atom is 0.338 e. The van der Waals surface area contributed by atoms with Gasteiger partial charge in [-0.05, 0) is 13.0 Å². The quantitative estimate of drug-likeness (QED) is 0.415. The summed E-state index contributed by atoms with van der Waals surface area (Å²) in [5.41, 5.74) is -1.17. The van der Waals surface area contributed by atoms with Crippen molar-refractivity contribution in [2.75, 3.05) is 23.7 Å². The number of ether oxygens (including phenoxy) is 1. The molecule has 0 aliphatic heterocycles. The predicted molar refractivity (Wildman–Crippen MR) is 74.0 cm³/mol. The highest BCUT2D eigenvalue weighted by Gasteiger charge is 2.19. The zero-order valence-corrected chi connectivity index (χ0v) is 11.9. The number of rotatable bonds is 8. The van der Waals surface area contributed by atoms with Crippen LogP contribution < -0.4 is 4.72 Å². The Labute approximate surface area is 120 Å². The Morgan fingerprint density at radius 1 is 1.48 bits per heavy atom. The number of nitro groups is 1. The lowest BCUT2D eigenvalue weighted by Gasteiger charge is -2.10. The van der Waals surface area contributed by atoms with Crippen LogP contribution in [0.1, 0.15) is 17.3 Å². The topological polar surface area (TPSA) is 136 Å². The van der Waals surface area contributed by atoms with Gasteiger partial charge in [-0.3, -0.25) is 14.8 Å². The van der Waals surface area contributed by atoms with Gasteiger partial charge in [0.15, 0.2) is 0 Å². The van der Waals surface area contributed by atoms with Gasteiger partial charge in [0.05, 0.1) is 28.5 Å². The van der Waals surface area contributed by atoms with Gasteiger partial charge >= 0.3 is 5.97 Å². The number of carboxylic acids is 1. The second kappa shape index (κ2) is 6.99. The van der Waals surface area contributed by atoms with Gasteiger partial charge in [0.2, 0.25) is 10.0 Å². The Kier molecular flexibility index (Phi) is 5.61. The first kappa shape index (κ1) is 16.9. The Morgan fingerprint density at radius 3 is 2.67 bits per heavy atom. The number of nitrogens with one attached hydrogen (secondary N) is 1. The summed E-state index contributed by atoms with van der Waals surface area (Å²) in [4.78, 5) is 20.9. The summed E-state index contributed by atoms with van der Waals surface area (Å²) >= 11 is 0. The van der Waals surface area contributed by atoms with Crippen molar-refractivity contribution in [3.63, 3.8) is 0 Å². The number of hydrogen-bond donors (Lipinski definition) is 2. The number of anilines is 1. The third-order valence-electron chi connectivity index (χ3n) is 2.41. The maximum absolute atomic E-state index is 11.8. The zero-order chi connectivity index (χ0) is 16.0. The molecule has 116 valence electrons. The molecule has 0 saturated heterocycles. The fraction of sp³-hybridized carbons (Fsp3) is 0.364. The monoisotopic (exact) mass is 318 g/mol. The summed E-state index contributed by atoms with van der Waals surface area (Å²) in [6, 6.07) is 2.86. The Hall–Kier alpha value is -2.20.